The van der Waals surface area contributed by atoms with Gasteiger partial charge in [-0.05, 0) is 18.2 Å². The van der Waals surface area contributed by atoms with Crippen molar-refractivity contribution < 1.29 is 24.2 Å². The van der Waals surface area contributed by atoms with Crippen LogP contribution in [0, 0.1) is 5.82 Å². The second kappa shape index (κ2) is 8.25. The maximum Gasteiger partial charge on any atom is 0.336 e. The number of hydrogen-bond donors (Lipinski definition) is 2. The number of benzene rings is 1. The number of aromatic nitrogens is 2. The lowest BCUT2D eigenvalue weighted by atomic mass is 10.0. The molecule has 1 aromatic carbocycles. The van der Waals surface area contributed by atoms with Gasteiger partial charge in [0.05, 0.1) is 28.9 Å². The van der Waals surface area contributed by atoms with Gasteiger partial charge in [-0.15, -0.1) is 23.7 Å². The number of pyridine rings is 1. The third-order valence-electron chi connectivity index (χ3n) is 4.71. The number of carboxylic acids is 1. The molecule has 2 aromatic heterocycles. The average molecular weight is 452 g/mol. The third-order valence-corrected chi connectivity index (χ3v) is 5.51. The molecule has 0 bridgehead atoms. The van der Waals surface area contributed by atoms with Crippen molar-refractivity contribution in [1.29, 1.82) is 0 Å². The Balaban J connectivity index is 0.00000256. The molecule has 4 rings (SSSR count). The van der Waals surface area contributed by atoms with E-state index in [0.29, 0.717) is 5.01 Å². The van der Waals surface area contributed by atoms with E-state index in [2.05, 4.69) is 4.98 Å². The van der Waals surface area contributed by atoms with E-state index in [4.69, 9.17) is 0 Å². The quantitative estimate of drug-likeness (QED) is 0.633. The second-order valence-corrected chi connectivity index (χ2v) is 7.31. The molecule has 0 saturated carbocycles. The minimum absolute atomic E-state index is 0. The Morgan fingerprint density at radius 1 is 1.20 bits per heavy atom. The summed E-state index contributed by atoms with van der Waals surface area (Å²) in [6.45, 7) is 0.424. The molecular formula is C19H15ClFN3O5S. The topological polar surface area (TPSA) is 113 Å². The van der Waals surface area contributed by atoms with Crippen LogP contribution in [0.3, 0.4) is 0 Å². The molecule has 156 valence electrons. The molecule has 0 saturated heterocycles. The van der Waals surface area contributed by atoms with E-state index >= 15 is 0 Å². The smallest absolute Gasteiger partial charge is 0.336 e. The van der Waals surface area contributed by atoms with Crippen LogP contribution in [0.1, 0.15) is 26.4 Å². The summed E-state index contributed by atoms with van der Waals surface area (Å²) in [7, 11) is 0. The zero-order valence-corrected chi connectivity index (χ0v) is 16.9. The first-order valence-electron chi connectivity index (χ1n) is 8.54. The van der Waals surface area contributed by atoms with E-state index in [1.807, 2.05) is 0 Å². The van der Waals surface area contributed by atoms with Crippen LogP contribution in [0.2, 0.25) is 0 Å². The number of rotatable bonds is 3. The van der Waals surface area contributed by atoms with Gasteiger partial charge in [-0.1, -0.05) is 0 Å². The number of amides is 1. The van der Waals surface area contributed by atoms with Crippen molar-refractivity contribution in [3.63, 3.8) is 0 Å². The van der Waals surface area contributed by atoms with Gasteiger partial charge in [0.2, 0.25) is 5.43 Å². The van der Waals surface area contributed by atoms with Crippen LogP contribution in [-0.2, 0) is 13.1 Å². The molecule has 11 heteroatoms. The van der Waals surface area contributed by atoms with Crippen molar-refractivity contribution in [3.8, 4) is 16.3 Å². The zero-order valence-electron chi connectivity index (χ0n) is 15.2. The number of hydrogen-bond acceptors (Lipinski definition) is 6. The standard InChI is InChI=1S/C19H14FN3O5S.ClH/c20-10-1-2-11(12(7-10)19(27)28)18(26)23-5-4-22-8-13(17-21-3-6-29-17)15(24)16(25)14(22)9-23;/h1-3,6-8,25H,4-5,9H2,(H,27,28);1H. The Morgan fingerprint density at radius 2 is 1.97 bits per heavy atom. The first kappa shape index (κ1) is 21.5. The maximum absolute atomic E-state index is 13.4. The summed E-state index contributed by atoms with van der Waals surface area (Å²) < 4.78 is 15.1. The number of fused-ring (bicyclic) bond motifs is 1. The summed E-state index contributed by atoms with van der Waals surface area (Å²) in [6, 6.07) is 2.92. The Morgan fingerprint density at radius 3 is 2.63 bits per heavy atom. The van der Waals surface area contributed by atoms with Crippen molar-refractivity contribution in [3.05, 3.63) is 68.8 Å². The van der Waals surface area contributed by atoms with E-state index < -0.39 is 34.4 Å². The van der Waals surface area contributed by atoms with Crippen LogP contribution in [-0.4, -0.2) is 43.1 Å². The molecule has 0 unspecified atom stereocenters. The number of carbonyl (C=O) groups excluding carboxylic acids is 1. The van der Waals surface area contributed by atoms with Gasteiger partial charge in [0.25, 0.3) is 5.91 Å². The molecule has 0 atom stereocenters. The summed E-state index contributed by atoms with van der Waals surface area (Å²) in [6.07, 6.45) is 3.16. The fourth-order valence-corrected chi connectivity index (χ4v) is 3.92. The zero-order chi connectivity index (χ0) is 20.7. The molecule has 8 nitrogen and oxygen atoms in total. The number of aromatic hydroxyl groups is 1. The van der Waals surface area contributed by atoms with Crippen molar-refractivity contribution in [2.24, 2.45) is 0 Å². The van der Waals surface area contributed by atoms with Gasteiger partial charge in [0, 0.05) is 30.9 Å². The van der Waals surface area contributed by atoms with E-state index in [1.54, 1.807) is 22.3 Å². The molecule has 0 spiro atoms. The molecule has 0 radical (unpaired) electrons. The highest BCUT2D eigenvalue weighted by molar-refractivity contribution is 7.13. The van der Waals surface area contributed by atoms with Crippen LogP contribution in [0.15, 0.2) is 40.8 Å². The predicted octanol–water partition coefficient (Wildman–Crippen LogP) is 2.59. The first-order chi connectivity index (χ1) is 13.9. The van der Waals surface area contributed by atoms with Crippen molar-refractivity contribution in [2.75, 3.05) is 6.54 Å². The highest BCUT2D eigenvalue weighted by Gasteiger charge is 2.28. The lowest BCUT2D eigenvalue weighted by Gasteiger charge is -2.31. The monoisotopic (exact) mass is 451 g/mol. The molecular weight excluding hydrogens is 437 g/mol. The fraction of sp³-hybridized carbons (Fsp3) is 0.158. The van der Waals surface area contributed by atoms with Gasteiger partial charge >= 0.3 is 5.97 Å². The molecule has 3 aromatic rings. The SMILES string of the molecule is Cl.O=C(O)c1cc(F)ccc1C(=O)N1CCn2cc(-c3nccs3)c(=O)c(O)c2C1. The summed E-state index contributed by atoms with van der Waals surface area (Å²) in [5.74, 6) is -3.28. The fourth-order valence-electron chi connectivity index (χ4n) is 3.27. The van der Waals surface area contributed by atoms with Crippen molar-refractivity contribution in [2.45, 2.75) is 13.1 Å². The summed E-state index contributed by atoms with van der Waals surface area (Å²) in [5.41, 5.74) is -0.676. The Bertz CT molecular complexity index is 1200. The molecule has 0 aliphatic carbocycles. The van der Waals surface area contributed by atoms with Gasteiger partial charge < -0.3 is 19.7 Å². The average Bonchev–Trinajstić information content (AvgIpc) is 3.24. The van der Waals surface area contributed by atoms with Crippen LogP contribution in [0.4, 0.5) is 4.39 Å². The van der Waals surface area contributed by atoms with E-state index in [0.717, 1.165) is 18.2 Å². The molecule has 3 heterocycles. The maximum atomic E-state index is 13.4. The summed E-state index contributed by atoms with van der Waals surface area (Å²) >= 11 is 1.27. The van der Waals surface area contributed by atoms with Gasteiger partial charge in [-0.3, -0.25) is 9.59 Å². The Labute approximate surface area is 179 Å². The van der Waals surface area contributed by atoms with Gasteiger partial charge in [0.15, 0.2) is 5.75 Å². The third kappa shape index (κ3) is 3.66. The molecule has 0 fully saturated rings. The number of carboxylic acid groups (broad SMARTS) is 1. The normalized spacial score (nSPS) is 12.8. The van der Waals surface area contributed by atoms with Crippen LogP contribution >= 0.6 is 23.7 Å². The van der Waals surface area contributed by atoms with Gasteiger partial charge in [-0.2, -0.15) is 0 Å². The number of halogens is 2. The van der Waals surface area contributed by atoms with Crippen LogP contribution < -0.4 is 5.43 Å². The number of nitrogens with zero attached hydrogens (tertiary/aromatic N) is 3. The Hall–Kier alpha value is -3.24. The van der Waals surface area contributed by atoms with Crippen LogP contribution in [0.25, 0.3) is 10.6 Å². The Kier molecular flexibility index (Phi) is 5.90. The molecule has 1 aliphatic rings. The van der Waals surface area contributed by atoms with E-state index in [-0.39, 0.29) is 48.9 Å². The predicted molar refractivity (Wildman–Crippen MR) is 109 cm³/mol. The summed E-state index contributed by atoms with van der Waals surface area (Å²) in [5, 5.41) is 21.9. The highest BCUT2D eigenvalue weighted by Crippen LogP contribution is 2.27. The second-order valence-electron chi connectivity index (χ2n) is 6.42. The summed E-state index contributed by atoms with van der Waals surface area (Å²) in [4.78, 5) is 42.2. The molecule has 2 N–H and O–H groups in total. The highest BCUT2D eigenvalue weighted by atomic mass is 35.5. The first-order valence-corrected chi connectivity index (χ1v) is 9.42. The minimum atomic E-state index is -1.42. The lowest BCUT2D eigenvalue weighted by Crippen LogP contribution is -2.40. The molecule has 1 aliphatic heterocycles. The largest absolute Gasteiger partial charge is 0.503 e. The molecule has 1 amide bonds. The number of thiazole rings is 1. The number of aromatic carboxylic acids is 1. The van der Waals surface area contributed by atoms with Gasteiger partial charge in [0.1, 0.15) is 10.8 Å². The molecule has 30 heavy (non-hydrogen) atoms. The van der Waals surface area contributed by atoms with Crippen molar-refractivity contribution >= 4 is 35.6 Å². The van der Waals surface area contributed by atoms with Crippen LogP contribution in [0.5, 0.6) is 5.75 Å². The number of carbonyl (C=O) groups is 2. The van der Waals surface area contributed by atoms with Gasteiger partial charge in [-0.25, -0.2) is 14.2 Å². The lowest BCUT2D eigenvalue weighted by molar-refractivity contribution is 0.0659. The van der Waals surface area contributed by atoms with E-state index in [1.165, 1.54) is 16.2 Å². The van der Waals surface area contributed by atoms with Crippen molar-refractivity contribution in [1.82, 2.24) is 14.5 Å². The van der Waals surface area contributed by atoms with E-state index in [9.17, 15) is 29.0 Å². The minimum Gasteiger partial charge on any atom is -0.503 e.